The van der Waals surface area contributed by atoms with Crippen molar-refractivity contribution in [1.29, 1.82) is 0 Å². The van der Waals surface area contributed by atoms with E-state index in [1.165, 1.54) is 6.07 Å². The maximum Gasteiger partial charge on any atom is 0.293 e. The Morgan fingerprint density at radius 2 is 2.04 bits per heavy atom. The Morgan fingerprint density at radius 1 is 1.21 bits per heavy atom. The first kappa shape index (κ1) is 14.4. The number of aromatic nitrogens is 3. The van der Waals surface area contributed by atoms with E-state index in [0.717, 1.165) is 16.8 Å². The lowest BCUT2D eigenvalue weighted by Gasteiger charge is -2.03. The van der Waals surface area contributed by atoms with Gasteiger partial charge in [-0.1, -0.05) is 6.07 Å². The molecule has 7 heteroatoms. The zero-order valence-corrected chi connectivity index (χ0v) is 13.1. The summed E-state index contributed by atoms with van der Waals surface area (Å²) in [5.74, 6) is 0.136. The Hall–Kier alpha value is -3.22. The fraction of sp³-hybridized carbons (Fsp3) is 0.118. The van der Waals surface area contributed by atoms with E-state index in [1.54, 1.807) is 10.6 Å². The molecular formula is C17H14FN5O. The molecule has 4 rings (SSSR count). The SMILES string of the molecule is CC(C)=Nc1cc2ccc(-c3cc(F)c4oc(N)nc4c3)cn2n1. The number of hydrogen-bond donors (Lipinski definition) is 1. The van der Waals surface area contributed by atoms with Gasteiger partial charge < -0.3 is 10.2 Å². The van der Waals surface area contributed by atoms with Crippen LogP contribution in [0.2, 0.25) is 0 Å². The predicted molar refractivity (Wildman–Crippen MR) is 91.0 cm³/mol. The molecule has 6 nitrogen and oxygen atoms in total. The van der Waals surface area contributed by atoms with Crippen LogP contribution in [0.4, 0.5) is 16.2 Å². The Morgan fingerprint density at radius 3 is 2.83 bits per heavy atom. The molecule has 2 N–H and O–H groups in total. The Labute approximate surface area is 136 Å². The number of aliphatic imine (C=N–C) groups is 1. The first-order valence-corrected chi connectivity index (χ1v) is 7.37. The van der Waals surface area contributed by atoms with E-state index in [9.17, 15) is 4.39 Å². The van der Waals surface area contributed by atoms with Crippen LogP contribution in [-0.2, 0) is 0 Å². The largest absolute Gasteiger partial charge is 0.421 e. The van der Waals surface area contributed by atoms with E-state index in [-0.39, 0.29) is 11.6 Å². The number of hydrogen-bond acceptors (Lipinski definition) is 5. The number of benzene rings is 1. The molecule has 0 aliphatic rings. The Kier molecular flexibility index (Phi) is 3.09. The summed E-state index contributed by atoms with van der Waals surface area (Å²) >= 11 is 0. The fourth-order valence-electron chi connectivity index (χ4n) is 2.60. The lowest BCUT2D eigenvalue weighted by atomic mass is 10.1. The summed E-state index contributed by atoms with van der Waals surface area (Å²) in [5, 5.41) is 4.41. The summed E-state index contributed by atoms with van der Waals surface area (Å²) in [4.78, 5) is 8.34. The van der Waals surface area contributed by atoms with E-state index in [2.05, 4.69) is 15.1 Å². The number of oxazole rings is 1. The van der Waals surface area contributed by atoms with E-state index < -0.39 is 5.82 Å². The number of nitrogens with two attached hydrogens (primary N) is 1. The van der Waals surface area contributed by atoms with Crippen LogP contribution in [0, 0.1) is 5.82 Å². The van der Waals surface area contributed by atoms with Crippen LogP contribution >= 0.6 is 0 Å². The van der Waals surface area contributed by atoms with Crippen molar-refractivity contribution in [3.05, 3.63) is 42.3 Å². The van der Waals surface area contributed by atoms with Crippen molar-refractivity contribution in [2.24, 2.45) is 4.99 Å². The lowest BCUT2D eigenvalue weighted by Crippen LogP contribution is -1.89. The summed E-state index contributed by atoms with van der Waals surface area (Å²) in [6, 6.07) is 8.77. The van der Waals surface area contributed by atoms with Gasteiger partial charge in [-0.15, -0.1) is 5.10 Å². The van der Waals surface area contributed by atoms with Gasteiger partial charge in [0.05, 0.1) is 5.52 Å². The molecule has 0 spiro atoms. The summed E-state index contributed by atoms with van der Waals surface area (Å²) in [7, 11) is 0. The van der Waals surface area contributed by atoms with E-state index >= 15 is 0 Å². The Bertz CT molecular complexity index is 1110. The smallest absolute Gasteiger partial charge is 0.293 e. The third-order valence-corrected chi connectivity index (χ3v) is 3.58. The standard InChI is InChI=1S/C17H14FN5O/c1-9(2)20-15-7-12-4-3-10(8-23(12)22-15)11-5-13(18)16-14(6-11)21-17(19)24-16/h3-8H,1-2H3,(H2,19,21). The highest BCUT2D eigenvalue weighted by Gasteiger charge is 2.12. The second-order valence-corrected chi connectivity index (χ2v) is 5.71. The molecule has 0 saturated heterocycles. The van der Waals surface area contributed by atoms with Crippen molar-refractivity contribution in [3.8, 4) is 11.1 Å². The van der Waals surface area contributed by atoms with Gasteiger partial charge in [0.25, 0.3) is 6.01 Å². The minimum Gasteiger partial charge on any atom is -0.421 e. The molecule has 120 valence electrons. The molecular weight excluding hydrogens is 309 g/mol. The van der Waals surface area contributed by atoms with Crippen molar-refractivity contribution < 1.29 is 8.81 Å². The van der Waals surface area contributed by atoms with Gasteiger partial charge in [0, 0.05) is 23.5 Å². The van der Waals surface area contributed by atoms with Crippen LogP contribution < -0.4 is 5.73 Å². The molecule has 0 atom stereocenters. The zero-order chi connectivity index (χ0) is 16.8. The van der Waals surface area contributed by atoms with Crippen molar-refractivity contribution in [2.45, 2.75) is 13.8 Å². The topological polar surface area (TPSA) is 81.7 Å². The van der Waals surface area contributed by atoms with E-state index in [1.807, 2.05) is 38.2 Å². The van der Waals surface area contributed by atoms with Gasteiger partial charge >= 0.3 is 0 Å². The number of fused-ring (bicyclic) bond motifs is 2. The summed E-state index contributed by atoms with van der Waals surface area (Å²) in [6.07, 6.45) is 1.82. The summed E-state index contributed by atoms with van der Waals surface area (Å²) in [5.41, 5.74) is 9.25. The van der Waals surface area contributed by atoms with Crippen LogP contribution in [0.1, 0.15) is 13.8 Å². The minimum atomic E-state index is -0.501. The van der Waals surface area contributed by atoms with Crippen molar-refractivity contribution in [3.63, 3.8) is 0 Å². The van der Waals surface area contributed by atoms with Gasteiger partial charge in [-0.2, -0.15) is 4.98 Å². The number of anilines is 1. The first-order valence-electron chi connectivity index (χ1n) is 7.37. The molecule has 0 aliphatic heterocycles. The summed E-state index contributed by atoms with van der Waals surface area (Å²) < 4.78 is 21.0. The number of nitrogen functional groups attached to an aromatic ring is 1. The normalized spacial score (nSPS) is 11.3. The minimum absolute atomic E-state index is 0.0546. The third-order valence-electron chi connectivity index (χ3n) is 3.58. The van der Waals surface area contributed by atoms with E-state index in [4.69, 9.17) is 10.2 Å². The average molecular weight is 323 g/mol. The molecule has 0 aliphatic carbocycles. The Balaban J connectivity index is 1.85. The lowest BCUT2D eigenvalue weighted by molar-refractivity contribution is 0.568. The van der Waals surface area contributed by atoms with Gasteiger partial charge in [0.15, 0.2) is 17.2 Å². The van der Waals surface area contributed by atoms with Crippen LogP contribution in [0.25, 0.3) is 27.7 Å². The van der Waals surface area contributed by atoms with E-state index in [0.29, 0.717) is 16.9 Å². The highest BCUT2D eigenvalue weighted by Crippen LogP contribution is 2.28. The molecule has 3 aromatic heterocycles. The quantitative estimate of drug-likeness (QED) is 0.566. The molecule has 24 heavy (non-hydrogen) atoms. The monoisotopic (exact) mass is 323 g/mol. The molecule has 0 saturated carbocycles. The van der Waals surface area contributed by atoms with Crippen LogP contribution in [-0.4, -0.2) is 20.3 Å². The second-order valence-electron chi connectivity index (χ2n) is 5.71. The number of nitrogens with zero attached hydrogens (tertiary/aromatic N) is 4. The van der Waals surface area contributed by atoms with Crippen LogP contribution in [0.3, 0.4) is 0 Å². The van der Waals surface area contributed by atoms with Gasteiger partial charge in [-0.3, -0.25) is 0 Å². The molecule has 3 heterocycles. The molecule has 0 bridgehead atoms. The molecule has 4 aromatic rings. The van der Waals surface area contributed by atoms with Crippen LogP contribution in [0.5, 0.6) is 0 Å². The van der Waals surface area contributed by atoms with Crippen molar-refractivity contribution in [2.75, 3.05) is 5.73 Å². The van der Waals surface area contributed by atoms with Gasteiger partial charge in [-0.05, 0) is 37.6 Å². The zero-order valence-electron chi connectivity index (χ0n) is 13.1. The second kappa shape index (κ2) is 5.16. The maximum atomic E-state index is 14.2. The summed E-state index contributed by atoms with van der Waals surface area (Å²) in [6.45, 7) is 3.83. The highest BCUT2D eigenvalue weighted by atomic mass is 19.1. The molecule has 0 amide bonds. The van der Waals surface area contributed by atoms with Crippen LogP contribution in [0.15, 0.2) is 45.9 Å². The predicted octanol–water partition coefficient (Wildman–Crippen LogP) is 3.98. The third kappa shape index (κ3) is 2.40. The van der Waals surface area contributed by atoms with Gasteiger partial charge in [-0.25, -0.2) is 13.9 Å². The van der Waals surface area contributed by atoms with Gasteiger partial charge in [0.2, 0.25) is 0 Å². The molecule has 1 aromatic carbocycles. The van der Waals surface area contributed by atoms with Crippen molar-refractivity contribution >= 4 is 34.2 Å². The fourth-order valence-corrected chi connectivity index (χ4v) is 2.60. The maximum absolute atomic E-state index is 14.2. The number of rotatable bonds is 2. The first-order chi connectivity index (χ1) is 11.5. The molecule has 0 unspecified atom stereocenters. The number of pyridine rings is 1. The highest BCUT2D eigenvalue weighted by molar-refractivity contribution is 5.83. The van der Waals surface area contributed by atoms with Crippen molar-refractivity contribution in [1.82, 2.24) is 14.6 Å². The van der Waals surface area contributed by atoms with Gasteiger partial charge in [0.1, 0.15) is 5.52 Å². The molecule has 0 radical (unpaired) electrons. The average Bonchev–Trinajstić information content (AvgIpc) is 3.07. The molecule has 0 fully saturated rings. The number of halogens is 1.